The first-order chi connectivity index (χ1) is 15.5. The first kappa shape index (κ1) is 20.1. The van der Waals surface area contributed by atoms with E-state index < -0.39 is 10.0 Å². The van der Waals surface area contributed by atoms with Crippen LogP contribution < -0.4 is 0 Å². The number of carbonyl (C=O) groups excluding carboxylic acids is 1. The lowest BCUT2D eigenvalue weighted by Crippen LogP contribution is -2.51. The highest BCUT2D eigenvalue weighted by atomic mass is 32.2. The van der Waals surface area contributed by atoms with E-state index in [4.69, 9.17) is 0 Å². The standard InChI is InChI=1S/C26H26N2O3S/c29-22-9-11-26(16-23-19-5-1-6-20(23)14-19)17-28(13-10-21(26)15-22)32(30,31)24-8-2-4-18-7-3-12-27-25(18)24/h1-8,12,15,19,23H,9-11,13-14,16-17H2. The van der Waals surface area contributed by atoms with Crippen LogP contribution in [-0.2, 0) is 14.8 Å². The highest BCUT2D eigenvalue weighted by molar-refractivity contribution is 7.89. The Bertz CT molecular complexity index is 1320. The number of ketones is 1. The minimum absolute atomic E-state index is 0.179. The summed E-state index contributed by atoms with van der Waals surface area (Å²) in [7, 11) is -3.70. The lowest BCUT2D eigenvalue weighted by molar-refractivity contribution is -0.116. The van der Waals surface area contributed by atoms with Crippen LogP contribution in [0.3, 0.4) is 0 Å². The van der Waals surface area contributed by atoms with Gasteiger partial charge in [0.25, 0.3) is 0 Å². The van der Waals surface area contributed by atoms with Crippen LogP contribution in [0.4, 0.5) is 0 Å². The van der Waals surface area contributed by atoms with Crippen molar-refractivity contribution < 1.29 is 13.2 Å². The minimum Gasteiger partial charge on any atom is -0.295 e. The van der Waals surface area contributed by atoms with Crippen molar-refractivity contribution in [2.45, 2.75) is 37.0 Å². The molecule has 1 aliphatic heterocycles. The molecule has 4 aliphatic rings. The zero-order valence-electron chi connectivity index (χ0n) is 17.9. The SMILES string of the molecule is O=C1C=C2CCN(S(=O)(=O)c3cccc4cccnc34)CC2(CC2C3=CC=CC2C3)CC1. The number of hydrogen-bond acceptors (Lipinski definition) is 4. The average Bonchev–Trinajstić information content (AvgIpc) is 2.82. The van der Waals surface area contributed by atoms with Crippen molar-refractivity contribution in [2.75, 3.05) is 13.1 Å². The molecule has 164 valence electrons. The number of carbonyl (C=O) groups is 1. The first-order valence-corrected chi connectivity index (χ1v) is 12.9. The van der Waals surface area contributed by atoms with Gasteiger partial charge < -0.3 is 0 Å². The van der Waals surface area contributed by atoms with E-state index in [1.165, 1.54) is 5.57 Å². The van der Waals surface area contributed by atoms with Gasteiger partial charge >= 0.3 is 0 Å². The van der Waals surface area contributed by atoms with Crippen molar-refractivity contribution in [3.8, 4) is 0 Å². The van der Waals surface area contributed by atoms with Gasteiger partial charge in [0.1, 0.15) is 4.90 Å². The molecule has 1 aromatic carbocycles. The van der Waals surface area contributed by atoms with Crippen molar-refractivity contribution in [1.29, 1.82) is 0 Å². The van der Waals surface area contributed by atoms with Crippen LogP contribution in [0.5, 0.6) is 0 Å². The molecule has 0 N–H and O–H groups in total. The summed E-state index contributed by atoms with van der Waals surface area (Å²) >= 11 is 0. The molecule has 3 atom stereocenters. The average molecular weight is 447 g/mol. The van der Waals surface area contributed by atoms with E-state index >= 15 is 0 Å². The van der Waals surface area contributed by atoms with Gasteiger partial charge in [-0.05, 0) is 55.7 Å². The number of sulfonamides is 1. The number of pyridine rings is 1. The molecule has 1 saturated heterocycles. The van der Waals surface area contributed by atoms with Gasteiger partial charge in [-0.25, -0.2) is 8.42 Å². The van der Waals surface area contributed by atoms with Gasteiger partial charge in [-0.2, -0.15) is 4.31 Å². The van der Waals surface area contributed by atoms with E-state index in [2.05, 4.69) is 23.2 Å². The number of fused-ring (bicyclic) bond motifs is 4. The lowest BCUT2D eigenvalue weighted by atomic mass is 9.56. The summed E-state index contributed by atoms with van der Waals surface area (Å²) < 4.78 is 29.3. The van der Waals surface area contributed by atoms with Crippen LogP contribution in [0.25, 0.3) is 10.9 Å². The third-order valence-corrected chi connectivity index (χ3v) is 9.81. The highest BCUT2D eigenvalue weighted by Crippen LogP contribution is 2.55. The molecule has 0 spiro atoms. The number of piperidine rings is 1. The third-order valence-electron chi connectivity index (χ3n) is 7.93. The van der Waals surface area contributed by atoms with E-state index in [0.717, 1.165) is 30.2 Å². The number of benzene rings is 1. The smallest absolute Gasteiger partial charge is 0.245 e. The molecule has 2 fully saturated rings. The fourth-order valence-corrected chi connectivity index (χ4v) is 7.84. The van der Waals surface area contributed by atoms with Gasteiger partial charge in [0.15, 0.2) is 5.78 Å². The maximum atomic E-state index is 13.8. The monoisotopic (exact) mass is 446 g/mol. The number of allylic oxidation sites excluding steroid dienone is 5. The summed E-state index contributed by atoms with van der Waals surface area (Å²) in [6.45, 7) is 0.848. The number of hydrogen-bond donors (Lipinski definition) is 0. The minimum atomic E-state index is -3.70. The van der Waals surface area contributed by atoms with Crippen LogP contribution in [-0.4, -0.2) is 36.6 Å². The molecule has 2 heterocycles. The van der Waals surface area contributed by atoms with Gasteiger partial charge in [-0.3, -0.25) is 9.78 Å². The normalized spacial score (nSPS) is 29.8. The Hall–Kier alpha value is -2.57. The molecule has 32 heavy (non-hydrogen) atoms. The molecule has 0 amide bonds. The Morgan fingerprint density at radius 3 is 2.84 bits per heavy atom. The van der Waals surface area contributed by atoms with Crippen molar-refractivity contribution in [3.63, 3.8) is 0 Å². The summed E-state index contributed by atoms with van der Waals surface area (Å²) in [5.41, 5.74) is 2.89. The molecular weight excluding hydrogens is 420 g/mol. The second kappa shape index (κ2) is 7.22. The zero-order valence-corrected chi connectivity index (χ0v) is 18.7. The van der Waals surface area contributed by atoms with Crippen molar-refractivity contribution in [3.05, 3.63) is 72.0 Å². The molecule has 3 aliphatic carbocycles. The van der Waals surface area contributed by atoms with Crippen LogP contribution in [0, 0.1) is 17.3 Å². The summed E-state index contributed by atoms with van der Waals surface area (Å²) in [6.07, 6.45) is 14.0. The van der Waals surface area contributed by atoms with E-state index in [9.17, 15) is 13.2 Å². The maximum Gasteiger partial charge on any atom is 0.245 e. The van der Waals surface area contributed by atoms with Crippen LogP contribution >= 0.6 is 0 Å². The summed E-state index contributed by atoms with van der Waals surface area (Å²) in [4.78, 5) is 16.9. The molecule has 2 bridgehead atoms. The highest BCUT2D eigenvalue weighted by Gasteiger charge is 2.49. The second-order valence-corrected chi connectivity index (χ2v) is 11.5. The van der Waals surface area contributed by atoms with Gasteiger partial charge in [-0.15, -0.1) is 0 Å². The van der Waals surface area contributed by atoms with E-state index in [1.54, 1.807) is 22.6 Å². The Kier molecular flexibility index (Phi) is 4.53. The Labute approximate surface area is 188 Å². The molecule has 0 radical (unpaired) electrons. The number of rotatable bonds is 4. The van der Waals surface area contributed by atoms with Crippen molar-refractivity contribution in [2.24, 2.45) is 17.3 Å². The number of nitrogens with zero attached hydrogens (tertiary/aromatic N) is 2. The molecule has 1 aromatic heterocycles. The second-order valence-electron chi connectivity index (χ2n) is 9.64. The summed E-state index contributed by atoms with van der Waals surface area (Å²) in [6, 6.07) is 9.06. The number of para-hydroxylation sites is 1. The Morgan fingerprint density at radius 2 is 2.03 bits per heavy atom. The molecule has 6 rings (SSSR count). The van der Waals surface area contributed by atoms with Gasteiger partial charge in [-0.1, -0.05) is 47.6 Å². The van der Waals surface area contributed by atoms with Gasteiger partial charge in [0.05, 0.1) is 5.52 Å². The van der Waals surface area contributed by atoms with E-state index in [1.807, 2.05) is 24.3 Å². The molecule has 1 saturated carbocycles. The van der Waals surface area contributed by atoms with E-state index in [0.29, 0.717) is 43.3 Å². The number of aromatic nitrogens is 1. The van der Waals surface area contributed by atoms with Crippen LogP contribution in [0.2, 0.25) is 0 Å². The Balaban J connectivity index is 1.37. The van der Waals surface area contributed by atoms with E-state index in [-0.39, 0.29) is 16.1 Å². The first-order valence-electron chi connectivity index (χ1n) is 11.4. The molecule has 2 aromatic rings. The predicted octanol–water partition coefficient (Wildman–Crippen LogP) is 4.43. The molecular formula is C26H26N2O3S. The van der Waals surface area contributed by atoms with Crippen molar-refractivity contribution >= 4 is 26.7 Å². The van der Waals surface area contributed by atoms with Crippen LogP contribution in [0.15, 0.2) is 76.9 Å². The van der Waals surface area contributed by atoms with Gasteiger partial charge in [0.2, 0.25) is 10.0 Å². The zero-order chi connectivity index (χ0) is 21.9. The fourth-order valence-electron chi connectivity index (χ4n) is 6.15. The molecule has 3 unspecified atom stereocenters. The topological polar surface area (TPSA) is 67.3 Å². The van der Waals surface area contributed by atoms with Crippen LogP contribution in [0.1, 0.15) is 32.1 Å². The molecule has 6 heteroatoms. The Morgan fingerprint density at radius 1 is 1.16 bits per heavy atom. The third kappa shape index (κ3) is 3.04. The predicted molar refractivity (Wildman–Crippen MR) is 123 cm³/mol. The lowest BCUT2D eigenvalue weighted by Gasteiger charge is -2.51. The quantitative estimate of drug-likeness (QED) is 0.697. The van der Waals surface area contributed by atoms with Gasteiger partial charge in [0, 0.05) is 36.5 Å². The summed E-state index contributed by atoms with van der Waals surface area (Å²) in [5, 5.41) is 0.824. The fraction of sp³-hybridized carbons (Fsp3) is 0.385. The maximum absolute atomic E-state index is 13.8. The van der Waals surface area contributed by atoms with Crippen molar-refractivity contribution in [1.82, 2.24) is 9.29 Å². The largest absolute Gasteiger partial charge is 0.295 e. The molecule has 5 nitrogen and oxygen atoms in total. The summed E-state index contributed by atoms with van der Waals surface area (Å²) in [5.74, 6) is 1.20.